The average Bonchev–Trinajstić information content (AvgIpc) is 3.18. The Kier molecular flexibility index (Phi) is 3.87. The molecule has 0 unspecified atom stereocenters. The van der Waals surface area contributed by atoms with Gasteiger partial charge in [0.05, 0.1) is 18.5 Å². The van der Waals surface area contributed by atoms with Crippen molar-refractivity contribution in [3.8, 4) is 10.8 Å². The fraction of sp³-hybridized carbons (Fsp3) is 0.467. The van der Waals surface area contributed by atoms with Crippen molar-refractivity contribution in [3.63, 3.8) is 0 Å². The molecule has 2 aromatic rings. The number of aromatic nitrogens is 1. The highest BCUT2D eigenvalue weighted by Crippen LogP contribution is 2.29. The Morgan fingerprint density at radius 1 is 1.50 bits per heavy atom. The number of hydrogen-bond donors (Lipinski definition) is 1. The summed E-state index contributed by atoms with van der Waals surface area (Å²) in [6, 6.07) is 3.76. The predicted octanol–water partition coefficient (Wildman–Crippen LogP) is 3.52. The molecule has 0 atom stereocenters. The minimum Gasteiger partial charge on any atom is -0.462 e. The summed E-state index contributed by atoms with van der Waals surface area (Å²) < 4.78 is 5.36. The Hall–Kier alpha value is -1.62. The van der Waals surface area contributed by atoms with Crippen molar-refractivity contribution in [3.05, 3.63) is 29.0 Å². The quantitative estimate of drug-likeness (QED) is 0.937. The molecule has 0 radical (unpaired) electrons. The minimum absolute atomic E-state index is 0.190. The molecule has 2 heterocycles. The zero-order valence-electron chi connectivity index (χ0n) is 11.5. The van der Waals surface area contributed by atoms with Gasteiger partial charge < -0.3 is 9.73 Å². The summed E-state index contributed by atoms with van der Waals surface area (Å²) in [5, 5.41) is 3.91. The van der Waals surface area contributed by atoms with Crippen molar-refractivity contribution in [1.29, 1.82) is 0 Å². The second-order valence-corrected chi connectivity index (χ2v) is 6.29. The van der Waals surface area contributed by atoms with E-state index in [0.717, 1.165) is 34.2 Å². The molecule has 106 valence electrons. The fourth-order valence-electron chi connectivity index (χ4n) is 2.60. The van der Waals surface area contributed by atoms with Crippen LogP contribution in [-0.4, -0.2) is 10.9 Å². The van der Waals surface area contributed by atoms with E-state index in [1.165, 1.54) is 12.8 Å². The Labute approximate surface area is 122 Å². The third-order valence-corrected chi connectivity index (χ3v) is 4.95. The topological polar surface area (TPSA) is 55.1 Å². The van der Waals surface area contributed by atoms with E-state index in [0.29, 0.717) is 6.54 Å². The lowest BCUT2D eigenvalue weighted by Gasteiger charge is -2.09. The van der Waals surface area contributed by atoms with Gasteiger partial charge in [0.15, 0.2) is 10.8 Å². The number of carbonyl (C=O) groups is 1. The van der Waals surface area contributed by atoms with Crippen LogP contribution < -0.4 is 5.32 Å². The van der Waals surface area contributed by atoms with Gasteiger partial charge in [0.2, 0.25) is 5.91 Å². The van der Waals surface area contributed by atoms with E-state index in [-0.39, 0.29) is 11.8 Å². The first-order chi connectivity index (χ1) is 9.74. The van der Waals surface area contributed by atoms with Crippen LogP contribution in [0.15, 0.2) is 22.8 Å². The Morgan fingerprint density at radius 2 is 2.30 bits per heavy atom. The number of furan rings is 1. The van der Waals surface area contributed by atoms with Crippen LogP contribution in [0.5, 0.6) is 0 Å². The van der Waals surface area contributed by atoms with Crippen LogP contribution >= 0.6 is 11.3 Å². The van der Waals surface area contributed by atoms with E-state index in [4.69, 9.17) is 4.42 Å². The third kappa shape index (κ3) is 2.77. The number of amides is 1. The number of nitrogens with one attached hydrogen (secondary N) is 1. The largest absolute Gasteiger partial charge is 0.462 e. The first-order valence-corrected chi connectivity index (χ1v) is 7.83. The van der Waals surface area contributed by atoms with Crippen LogP contribution in [-0.2, 0) is 11.3 Å². The Bertz CT molecular complexity index is 583. The van der Waals surface area contributed by atoms with Crippen LogP contribution in [0.4, 0.5) is 0 Å². The molecule has 3 rings (SSSR count). The van der Waals surface area contributed by atoms with Crippen molar-refractivity contribution in [1.82, 2.24) is 10.3 Å². The van der Waals surface area contributed by atoms with Gasteiger partial charge in [-0.3, -0.25) is 4.79 Å². The zero-order chi connectivity index (χ0) is 13.9. The van der Waals surface area contributed by atoms with Crippen molar-refractivity contribution in [2.24, 2.45) is 5.92 Å². The number of nitrogens with zero attached hydrogens (tertiary/aromatic N) is 1. The highest BCUT2D eigenvalue weighted by Gasteiger charge is 2.22. The molecule has 1 fully saturated rings. The van der Waals surface area contributed by atoms with E-state index in [2.05, 4.69) is 10.3 Å². The van der Waals surface area contributed by atoms with Crippen molar-refractivity contribution in [2.75, 3.05) is 0 Å². The summed E-state index contributed by atoms with van der Waals surface area (Å²) >= 11 is 1.58. The normalized spacial score (nSPS) is 15.7. The number of hydrogen-bond acceptors (Lipinski definition) is 4. The summed E-state index contributed by atoms with van der Waals surface area (Å²) in [7, 11) is 0. The summed E-state index contributed by atoms with van der Waals surface area (Å²) in [5.41, 5.74) is 0.966. The lowest BCUT2D eigenvalue weighted by molar-refractivity contribution is -0.124. The molecule has 1 aliphatic carbocycles. The highest BCUT2D eigenvalue weighted by atomic mass is 32.1. The number of rotatable bonds is 4. The van der Waals surface area contributed by atoms with Crippen LogP contribution in [0.2, 0.25) is 0 Å². The molecular weight excluding hydrogens is 272 g/mol. The monoisotopic (exact) mass is 290 g/mol. The zero-order valence-corrected chi connectivity index (χ0v) is 12.3. The van der Waals surface area contributed by atoms with E-state index in [1.54, 1.807) is 17.6 Å². The lowest BCUT2D eigenvalue weighted by atomic mass is 10.1. The molecule has 4 nitrogen and oxygen atoms in total. The molecule has 0 spiro atoms. The molecule has 0 bridgehead atoms. The number of carbonyl (C=O) groups excluding carboxylic acids is 1. The summed E-state index contributed by atoms with van der Waals surface area (Å²) in [5.74, 6) is 1.19. The smallest absolute Gasteiger partial charge is 0.223 e. The van der Waals surface area contributed by atoms with Crippen LogP contribution in [0.3, 0.4) is 0 Å². The van der Waals surface area contributed by atoms with Gasteiger partial charge in [0.1, 0.15) is 0 Å². The molecular formula is C15H18N2O2S. The van der Waals surface area contributed by atoms with E-state index < -0.39 is 0 Å². The molecule has 0 saturated heterocycles. The Balaban J connectivity index is 1.64. The maximum Gasteiger partial charge on any atom is 0.223 e. The van der Waals surface area contributed by atoms with Crippen LogP contribution in [0, 0.1) is 12.8 Å². The van der Waals surface area contributed by atoms with Gasteiger partial charge in [-0.2, -0.15) is 0 Å². The molecule has 1 aliphatic rings. The predicted molar refractivity (Wildman–Crippen MR) is 78.4 cm³/mol. The summed E-state index contributed by atoms with van der Waals surface area (Å²) in [6.45, 7) is 2.54. The SMILES string of the molecule is Cc1nc(-c2ccco2)sc1CNC(=O)C1CCCC1. The summed E-state index contributed by atoms with van der Waals surface area (Å²) in [4.78, 5) is 17.6. The highest BCUT2D eigenvalue weighted by molar-refractivity contribution is 7.15. The molecule has 2 aromatic heterocycles. The molecule has 20 heavy (non-hydrogen) atoms. The Morgan fingerprint density at radius 3 is 3.00 bits per heavy atom. The van der Waals surface area contributed by atoms with E-state index in [9.17, 15) is 4.79 Å². The number of aryl methyl sites for hydroxylation is 1. The fourth-order valence-corrected chi connectivity index (χ4v) is 3.57. The van der Waals surface area contributed by atoms with Crippen molar-refractivity contribution < 1.29 is 9.21 Å². The van der Waals surface area contributed by atoms with Gasteiger partial charge in [-0.15, -0.1) is 11.3 Å². The average molecular weight is 290 g/mol. The second kappa shape index (κ2) is 5.79. The first kappa shape index (κ1) is 13.4. The van der Waals surface area contributed by atoms with Gasteiger partial charge in [-0.05, 0) is 31.9 Å². The van der Waals surface area contributed by atoms with Crippen molar-refractivity contribution >= 4 is 17.2 Å². The second-order valence-electron chi connectivity index (χ2n) is 5.20. The third-order valence-electron chi connectivity index (χ3n) is 3.77. The van der Waals surface area contributed by atoms with Crippen LogP contribution in [0.25, 0.3) is 10.8 Å². The molecule has 0 aliphatic heterocycles. The van der Waals surface area contributed by atoms with Crippen molar-refractivity contribution in [2.45, 2.75) is 39.2 Å². The molecule has 1 saturated carbocycles. The molecule has 1 N–H and O–H groups in total. The minimum atomic E-state index is 0.190. The molecule has 1 amide bonds. The van der Waals surface area contributed by atoms with Gasteiger partial charge in [0.25, 0.3) is 0 Å². The molecule has 5 heteroatoms. The lowest BCUT2D eigenvalue weighted by Crippen LogP contribution is -2.28. The van der Waals surface area contributed by atoms with E-state index in [1.807, 2.05) is 19.1 Å². The van der Waals surface area contributed by atoms with Gasteiger partial charge in [-0.25, -0.2) is 4.98 Å². The summed E-state index contributed by atoms with van der Waals surface area (Å²) in [6.07, 6.45) is 6.07. The standard InChI is InChI=1S/C15H18N2O2S/c1-10-13(9-16-14(18)11-5-2-3-6-11)20-15(17-10)12-7-4-8-19-12/h4,7-8,11H,2-3,5-6,9H2,1H3,(H,16,18). The van der Waals surface area contributed by atoms with Gasteiger partial charge in [-0.1, -0.05) is 12.8 Å². The maximum atomic E-state index is 12.0. The van der Waals surface area contributed by atoms with Gasteiger partial charge >= 0.3 is 0 Å². The first-order valence-electron chi connectivity index (χ1n) is 7.02. The molecule has 0 aromatic carbocycles. The van der Waals surface area contributed by atoms with Crippen LogP contribution in [0.1, 0.15) is 36.3 Å². The maximum absolute atomic E-state index is 12.0. The van der Waals surface area contributed by atoms with Gasteiger partial charge in [0, 0.05) is 10.8 Å². The van der Waals surface area contributed by atoms with E-state index >= 15 is 0 Å². The number of thiazole rings is 1.